The second-order valence-corrected chi connectivity index (χ2v) is 10.1. The molecule has 2 unspecified atom stereocenters. The normalized spacial score (nSPS) is 20.1. The molecule has 3 aromatic rings. The van der Waals surface area contributed by atoms with Crippen molar-refractivity contribution in [2.75, 3.05) is 0 Å². The lowest BCUT2D eigenvalue weighted by Crippen LogP contribution is -2.40. The molecule has 1 fully saturated rings. The van der Waals surface area contributed by atoms with Crippen LogP contribution < -0.4 is 0 Å². The molecule has 0 spiro atoms. The highest BCUT2D eigenvalue weighted by atomic mass is 32.2. The van der Waals surface area contributed by atoms with Crippen molar-refractivity contribution in [3.63, 3.8) is 0 Å². The molecule has 35 heavy (non-hydrogen) atoms. The third-order valence-corrected chi connectivity index (χ3v) is 7.09. The van der Waals surface area contributed by atoms with Crippen LogP contribution in [0.1, 0.15) is 45.5 Å². The summed E-state index contributed by atoms with van der Waals surface area (Å²) in [6.07, 6.45) is -1.67. The van der Waals surface area contributed by atoms with Gasteiger partial charge in [-0.1, -0.05) is 54.1 Å². The zero-order valence-corrected chi connectivity index (χ0v) is 20.0. The summed E-state index contributed by atoms with van der Waals surface area (Å²) >= 11 is 0. The second kappa shape index (κ2) is 10.8. The Hall–Kier alpha value is -3.49. The highest BCUT2D eigenvalue weighted by Gasteiger charge is 2.37. The van der Waals surface area contributed by atoms with Gasteiger partial charge in [-0.15, -0.1) is 0 Å². The van der Waals surface area contributed by atoms with E-state index in [2.05, 4.69) is 0 Å². The Kier molecular flexibility index (Phi) is 7.63. The molecule has 4 rings (SSSR count). The summed E-state index contributed by atoms with van der Waals surface area (Å²) in [6, 6.07) is 23.3. The fourth-order valence-electron chi connectivity index (χ4n) is 3.97. The van der Waals surface area contributed by atoms with Crippen LogP contribution in [-0.2, 0) is 23.8 Å². The van der Waals surface area contributed by atoms with Crippen LogP contribution in [0.5, 0.6) is 0 Å². The summed E-state index contributed by atoms with van der Waals surface area (Å²) < 4.78 is 42.6. The summed E-state index contributed by atoms with van der Waals surface area (Å²) in [5, 5.41) is 0. The van der Waals surface area contributed by atoms with Crippen molar-refractivity contribution in [3.8, 4) is 0 Å². The number of esters is 2. The van der Waals surface area contributed by atoms with E-state index < -0.39 is 40.4 Å². The Morgan fingerprint density at radius 2 is 1.09 bits per heavy atom. The van der Waals surface area contributed by atoms with Crippen molar-refractivity contribution in [2.45, 2.75) is 49.4 Å². The zero-order chi connectivity index (χ0) is 24.8. The van der Waals surface area contributed by atoms with Gasteiger partial charge >= 0.3 is 11.9 Å². The van der Waals surface area contributed by atoms with Crippen LogP contribution in [0.4, 0.5) is 0 Å². The quantitative estimate of drug-likeness (QED) is 0.347. The first kappa shape index (κ1) is 24.6. The van der Waals surface area contributed by atoms with Gasteiger partial charge < -0.3 is 9.47 Å². The Labute approximate surface area is 204 Å². The minimum absolute atomic E-state index is 0.0318. The molecule has 1 aliphatic carbocycles. The average molecular weight is 495 g/mol. The highest BCUT2D eigenvalue weighted by Crippen LogP contribution is 2.30. The summed E-state index contributed by atoms with van der Waals surface area (Å²) in [7, 11) is -4.07. The van der Waals surface area contributed by atoms with E-state index in [1.807, 2.05) is 6.92 Å². The molecule has 1 aliphatic rings. The predicted molar refractivity (Wildman–Crippen MR) is 128 cm³/mol. The van der Waals surface area contributed by atoms with Crippen LogP contribution in [-0.4, -0.2) is 38.7 Å². The molecular weight excluding hydrogens is 468 g/mol. The number of carbonyl (C=O) groups is 2. The Balaban J connectivity index is 1.51. The maximum Gasteiger partial charge on any atom is 0.338 e. The van der Waals surface area contributed by atoms with Gasteiger partial charge in [0.2, 0.25) is 0 Å². The number of rotatable bonds is 7. The van der Waals surface area contributed by atoms with Crippen LogP contribution in [0, 0.1) is 6.92 Å². The minimum Gasteiger partial charge on any atom is -0.459 e. The molecule has 0 radical (unpaired) electrons. The molecule has 0 bridgehead atoms. The molecule has 1 saturated carbocycles. The maximum absolute atomic E-state index is 12.9. The summed E-state index contributed by atoms with van der Waals surface area (Å²) in [5.41, 5.74) is 1.67. The summed E-state index contributed by atoms with van der Waals surface area (Å²) in [4.78, 5) is 25.3. The lowest BCUT2D eigenvalue weighted by Gasteiger charge is -2.33. The monoisotopic (exact) mass is 494 g/mol. The first-order valence-corrected chi connectivity index (χ1v) is 12.7. The molecular formula is C27H26O7S. The van der Waals surface area contributed by atoms with Crippen molar-refractivity contribution >= 4 is 22.1 Å². The van der Waals surface area contributed by atoms with Gasteiger partial charge in [0.05, 0.1) is 22.1 Å². The predicted octanol–water partition coefficient (Wildman–Crippen LogP) is 4.70. The number of hydrogen-bond acceptors (Lipinski definition) is 7. The molecule has 0 saturated heterocycles. The van der Waals surface area contributed by atoms with Gasteiger partial charge in [-0.25, -0.2) is 9.59 Å². The average Bonchev–Trinajstić information content (AvgIpc) is 2.85. The van der Waals surface area contributed by atoms with E-state index in [1.54, 1.807) is 72.8 Å². The van der Waals surface area contributed by atoms with Crippen molar-refractivity contribution in [3.05, 3.63) is 102 Å². The number of ether oxygens (including phenoxy) is 2. The van der Waals surface area contributed by atoms with E-state index in [0.29, 0.717) is 11.1 Å². The van der Waals surface area contributed by atoms with E-state index in [1.165, 1.54) is 12.1 Å². The van der Waals surface area contributed by atoms with E-state index in [-0.39, 0.29) is 24.2 Å². The Bertz CT molecular complexity index is 1190. The number of hydrogen-bond donors (Lipinski definition) is 0. The van der Waals surface area contributed by atoms with Gasteiger partial charge in [0.15, 0.2) is 0 Å². The fourth-order valence-corrected chi connectivity index (χ4v) is 5.06. The largest absolute Gasteiger partial charge is 0.459 e. The van der Waals surface area contributed by atoms with Crippen molar-refractivity contribution in [1.29, 1.82) is 0 Å². The third-order valence-electron chi connectivity index (χ3n) is 5.72. The standard InChI is InChI=1S/C27H26O7S/c1-19-12-14-25(15-13-19)35(30,31)34-24-17-22(32-26(28)20-8-4-2-5-9-20)16-23(18-24)33-27(29)21-10-6-3-7-11-21/h2-15,22-24H,16-18H2,1H3. The molecule has 0 heterocycles. The first-order chi connectivity index (χ1) is 16.8. The van der Waals surface area contributed by atoms with Crippen LogP contribution in [0.15, 0.2) is 89.8 Å². The summed E-state index contributed by atoms with van der Waals surface area (Å²) in [6.45, 7) is 1.86. The van der Waals surface area contributed by atoms with E-state index in [4.69, 9.17) is 13.7 Å². The second-order valence-electron chi connectivity index (χ2n) is 8.48. The van der Waals surface area contributed by atoms with E-state index in [9.17, 15) is 18.0 Å². The van der Waals surface area contributed by atoms with E-state index >= 15 is 0 Å². The zero-order valence-electron chi connectivity index (χ0n) is 19.2. The first-order valence-electron chi connectivity index (χ1n) is 11.3. The molecule has 0 aromatic heterocycles. The Morgan fingerprint density at radius 1 is 0.657 bits per heavy atom. The highest BCUT2D eigenvalue weighted by molar-refractivity contribution is 7.86. The van der Waals surface area contributed by atoms with Gasteiger partial charge in [-0.3, -0.25) is 4.18 Å². The van der Waals surface area contributed by atoms with Crippen LogP contribution in [0.3, 0.4) is 0 Å². The van der Waals surface area contributed by atoms with Gasteiger partial charge in [-0.2, -0.15) is 8.42 Å². The fraction of sp³-hybridized carbons (Fsp3) is 0.259. The van der Waals surface area contributed by atoms with E-state index in [0.717, 1.165) is 5.56 Å². The molecule has 8 heteroatoms. The Morgan fingerprint density at radius 3 is 1.54 bits per heavy atom. The van der Waals surface area contributed by atoms with Gasteiger partial charge in [0.25, 0.3) is 10.1 Å². The van der Waals surface area contributed by atoms with Crippen molar-refractivity contribution in [2.24, 2.45) is 0 Å². The summed E-state index contributed by atoms with van der Waals surface area (Å²) in [5.74, 6) is -1.07. The number of carbonyl (C=O) groups excluding carboxylic acids is 2. The van der Waals surface area contributed by atoms with Gasteiger partial charge in [-0.05, 0) is 43.3 Å². The third kappa shape index (κ3) is 6.55. The molecule has 0 N–H and O–H groups in total. The van der Waals surface area contributed by atoms with Gasteiger partial charge in [0.1, 0.15) is 12.2 Å². The SMILES string of the molecule is Cc1ccc(S(=O)(=O)OC2CC(OC(=O)c3ccccc3)CC(OC(=O)c3ccccc3)C2)cc1. The molecule has 2 atom stereocenters. The lowest BCUT2D eigenvalue weighted by atomic mass is 9.92. The van der Waals surface area contributed by atoms with Crippen molar-refractivity contribution < 1.29 is 31.7 Å². The molecule has 0 aliphatic heterocycles. The molecule has 7 nitrogen and oxygen atoms in total. The van der Waals surface area contributed by atoms with Crippen LogP contribution >= 0.6 is 0 Å². The molecule has 3 aromatic carbocycles. The smallest absolute Gasteiger partial charge is 0.338 e. The van der Waals surface area contributed by atoms with Crippen molar-refractivity contribution in [1.82, 2.24) is 0 Å². The number of benzene rings is 3. The van der Waals surface area contributed by atoms with Crippen LogP contribution in [0.2, 0.25) is 0 Å². The maximum atomic E-state index is 12.9. The molecule has 0 amide bonds. The van der Waals surface area contributed by atoms with Crippen LogP contribution in [0.25, 0.3) is 0 Å². The van der Waals surface area contributed by atoms with Gasteiger partial charge in [0, 0.05) is 19.3 Å². The lowest BCUT2D eigenvalue weighted by molar-refractivity contribution is -0.0441. The molecule has 182 valence electrons. The topological polar surface area (TPSA) is 96.0 Å². The minimum atomic E-state index is -4.07. The number of aryl methyl sites for hydroxylation is 1.